The van der Waals surface area contributed by atoms with E-state index in [1.807, 2.05) is 31.2 Å². The van der Waals surface area contributed by atoms with Crippen LogP contribution < -0.4 is 0 Å². The van der Waals surface area contributed by atoms with Gasteiger partial charge in [0.05, 0.1) is 34.0 Å². The molecule has 0 radical (unpaired) electrons. The molecule has 1 saturated heterocycles. The average molecular weight is 552 g/mol. The molecule has 0 amide bonds. The van der Waals surface area contributed by atoms with Crippen LogP contribution >= 0.6 is 15.9 Å². The van der Waals surface area contributed by atoms with Crippen molar-refractivity contribution in [3.63, 3.8) is 0 Å². The maximum Gasteiger partial charge on any atom is 0.133 e. The molecule has 0 spiro atoms. The Bertz CT molecular complexity index is 1590. The summed E-state index contributed by atoms with van der Waals surface area (Å²) in [5.74, 6) is -0.517. The van der Waals surface area contributed by atoms with Crippen LogP contribution in [0, 0.1) is 24.5 Å². The Morgan fingerprint density at radius 3 is 2.56 bits per heavy atom. The van der Waals surface area contributed by atoms with Gasteiger partial charge in [-0.1, -0.05) is 23.4 Å². The molecule has 5 aromatic rings. The number of hydrogen-bond donors (Lipinski definition) is 0. The zero-order valence-corrected chi connectivity index (χ0v) is 21.5. The standard InChI is InChI=1S/C27H24BrF2N5O/c1-15-26(34(2)33-32-15)19-13-23-20(12-22(19)30)25-24(11-17(28)14-31-25)35(23)27(16-7-9-36-10-8-16)18-5-3-4-6-21(18)29/h3-6,11-14,16,27H,7-10H2,1-2H3/t27-/m0/s1. The van der Waals surface area contributed by atoms with E-state index in [0.29, 0.717) is 46.6 Å². The number of aromatic nitrogens is 5. The smallest absolute Gasteiger partial charge is 0.133 e. The second-order valence-electron chi connectivity index (χ2n) is 9.30. The Kier molecular flexibility index (Phi) is 5.84. The van der Waals surface area contributed by atoms with Gasteiger partial charge in [-0.15, -0.1) is 5.10 Å². The average Bonchev–Trinajstić information content (AvgIpc) is 3.36. The molecule has 36 heavy (non-hydrogen) atoms. The van der Waals surface area contributed by atoms with Gasteiger partial charge < -0.3 is 9.30 Å². The molecule has 0 N–H and O–H groups in total. The highest BCUT2D eigenvalue weighted by Crippen LogP contribution is 2.43. The maximum absolute atomic E-state index is 15.6. The molecule has 1 aliphatic heterocycles. The van der Waals surface area contributed by atoms with Gasteiger partial charge in [-0.25, -0.2) is 13.5 Å². The fraction of sp³-hybridized carbons (Fsp3) is 0.296. The van der Waals surface area contributed by atoms with Crippen LogP contribution in [0.2, 0.25) is 0 Å². The lowest BCUT2D eigenvalue weighted by molar-refractivity contribution is 0.0548. The van der Waals surface area contributed by atoms with Crippen molar-refractivity contribution in [1.82, 2.24) is 24.5 Å². The number of fused-ring (bicyclic) bond motifs is 3. The molecule has 6 nitrogen and oxygen atoms in total. The minimum atomic E-state index is -0.381. The van der Waals surface area contributed by atoms with Crippen LogP contribution in [0.1, 0.15) is 30.1 Å². The molecule has 184 valence electrons. The molecule has 4 heterocycles. The summed E-state index contributed by atoms with van der Waals surface area (Å²) in [5.41, 5.74) is 4.51. The molecule has 9 heteroatoms. The van der Waals surface area contributed by atoms with E-state index in [2.05, 4.69) is 35.8 Å². The number of aryl methyl sites for hydroxylation is 2. The zero-order valence-electron chi connectivity index (χ0n) is 19.9. The highest BCUT2D eigenvalue weighted by atomic mass is 79.9. The van der Waals surface area contributed by atoms with Gasteiger partial charge in [0.15, 0.2) is 0 Å². The first-order valence-corrected chi connectivity index (χ1v) is 12.7. The Hall–Kier alpha value is -3.17. The van der Waals surface area contributed by atoms with E-state index in [9.17, 15) is 0 Å². The Morgan fingerprint density at radius 1 is 1.06 bits per heavy atom. The summed E-state index contributed by atoms with van der Waals surface area (Å²) in [4.78, 5) is 4.66. The summed E-state index contributed by atoms with van der Waals surface area (Å²) in [5, 5.41) is 8.87. The van der Waals surface area contributed by atoms with Crippen molar-refractivity contribution in [2.24, 2.45) is 13.0 Å². The normalized spacial score (nSPS) is 15.7. The van der Waals surface area contributed by atoms with Crippen molar-refractivity contribution < 1.29 is 13.5 Å². The number of rotatable bonds is 4. The van der Waals surface area contributed by atoms with Gasteiger partial charge in [-0.05, 0) is 65.9 Å². The van der Waals surface area contributed by atoms with Crippen molar-refractivity contribution >= 4 is 37.9 Å². The topological polar surface area (TPSA) is 57.8 Å². The summed E-state index contributed by atoms with van der Waals surface area (Å²) >= 11 is 3.56. The van der Waals surface area contributed by atoms with E-state index in [-0.39, 0.29) is 23.6 Å². The molecule has 0 unspecified atom stereocenters. The molecular weight excluding hydrogens is 528 g/mol. The minimum absolute atomic E-state index is 0.127. The van der Waals surface area contributed by atoms with Crippen molar-refractivity contribution in [3.05, 3.63) is 76.0 Å². The lowest BCUT2D eigenvalue weighted by Gasteiger charge is -2.33. The minimum Gasteiger partial charge on any atom is -0.381 e. The monoisotopic (exact) mass is 551 g/mol. The molecule has 0 saturated carbocycles. The third kappa shape index (κ3) is 3.72. The third-order valence-corrected chi connectivity index (χ3v) is 7.59. The van der Waals surface area contributed by atoms with E-state index in [1.54, 1.807) is 24.0 Å². The molecule has 1 fully saturated rings. The van der Waals surface area contributed by atoms with Gasteiger partial charge in [0.1, 0.15) is 11.6 Å². The highest BCUT2D eigenvalue weighted by Gasteiger charge is 2.32. The number of ether oxygens (including phenoxy) is 1. The molecule has 6 rings (SSSR count). The van der Waals surface area contributed by atoms with E-state index in [4.69, 9.17) is 4.74 Å². The first-order chi connectivity index (χ1) is 17.4. The van der Waals surface area contributed by atoms with Gasteiger partial charge in [-0.2, -0.15) is 0 Å². The van der Waals surface area contributed by atoms with Gasteiger partial charge in [0.25, 0.3) is 0 Å². The van der Waals surface area contributed by atoms with Crippen molar-refractivity contribution in [1.29, 1.82) is 0 Å². The Morgan fingerprint density at radius 2 is 1.83 bits per heavy atom. The summed E-state index contributed by atoms with van der Waals surface area (Å²) in [6.45, 7) is 3.05. The SMILES string of the molecule is Cc1nnn(C)c1-c1cc2c(cc1F)c1ncc(Br)cc1n2[C@H](c1ccccc1F)C1CCOCC1. The van der Waals surface area contributed by atoms with E-state index < -0.39 is 0 Å². The Balaban J connectivity index is 1.72. The summed E-state index contributed by atoms with van der Waals surface area (Å²) in [6, 6.07) is 11.9. The summed E-state index contributed by atoms with van der Waals surface area (Å²) in [7, 11) is 1.75. The van der Waals surface area contributed by atoms with Crippen LogP contribution in [0.5, 0.6) is 0 Å². The highest BCUT2D eigenvalue weighted by molar-refractivity contribution is 9.10. The number of nitrogens with zero attached hydrogens (tertiary/aromatic N) is 5. The second kappa shape index (κ2) is 9.05. The molecule has 3 aromatic heterocycles. The zero-order chi connectivity index (χ0) is 25.0. The maximum atomic E-state index is 15.6. The quantitative estimate of drug-likeness (QED) is 0.261. The molecular formula is C27H24BrF2N5O. The van der Waals surface area contributed by atoms with Crippen LogP contribution in [0.3, 0.4) is 0 Å². The summed E-state index contributed by atoms with van der Waals surface area (Å²) < 4.78 is 41.2. The van der Waals surface area contributed by atoms with Gasteiger partial charge >= 0.3 is 0 Å². The van der Waals surface area contributed by atoms with Crippen molar-refractivity contribution in [3.8, 4) is 11.3 Å². The number of benzene rings is 2. The molecule has 0 aliphatic carbocycles. The van der Waals surface area contributed by atoms with E-state index >= 15 is 8.78 Å². The molecule has 1 atom stereocenters. The lowest BCUT2D eigenvalue weighted by atomic mass is 9.86. The second-order valence-corrected chi connectivity index (χ2v) is 10.2. The number of pyridine rings is 1. The van der Waals surface area contributed by atoms with Gasteiger partial charge in [-0.3, -0.25) is 4.98 Å². The molecule has 2 aromatic carbocycles. The largest absolute Gasteiger partial charge is 0.381 e. The van der Waals surface area contributed by atoms with E-state index in [0.717, 1.165) is 28.3 Å². The third-order valence-electron chi connectivity index (χ3n) is 7.16. The van der Waals surface area contributed by atoms with Crippen LogP contribution in [0.4, 0.5) is 8.78 Å². The van der Waals surface area contributed by atoms with E-state index in [1.165, 1.54) is 12.1 Å². The van der Waals surface area contributed by atoms with Crippen LogP contribution in [0.25, 0.3) is 33.2 Å². The fourth-order valence-electron chi connectivity index (χ4n) is 5.56. The first-order valence-electron chi connectivity index (χ1n) is 11.9. The predicted molar refractivity (Wildman–Crippen MR) is 138 cm³/mol. The molecule has 1 aliphatic rings. The fourth-order valence-corrected chi connectivity index (χ4v) is 5.88. The predicted octanol–water partition coefficient (Wildman–Crippen LogP) is 6.35. The lowest BCUT2D eigenvalue weighted by Crippen LogP contribution is -2.27. The summed E-state index contributed by atoms with van der Waals surface area (Å²) in [6.07, 6.45) is 3.29. The van der Waals surface area contributed by atoms with Gasteiger partial charge in [0.2, 0.25) is 0 Å². The van der Waals surface area contributed by atoms with Crippen molar-refractivity contribution in [2.45, 2.75) is 25.8 Å². The number of halogens is 3. The first kappa shape index (κ1) is 23.2. The van der Waals surface area contributed by atoms with Crippen LogP contribution in [-0.2, 0) is 11.8 Å². The number of hydrogen-bond acceptors (Lipinski definition) is 4. The van der Waals surface area contributed by atoms with Crippen LogP contribution in [-0.4, -0.2) is 37.8 Å². The van der Waals surface area contributed by atoms with Crippen molar-refractivity contribution in [2.75, 3.05) is 13.2 Å². The molecule has 0 bridgehead atoms. The van der Waals surface area contributed by atoms with Crippen LogP contribution in [0.15, 0.2) is 53.1 Å². The Labute approximate surface area is 215 Å². The van der Waals surface area contributed by atoms with Gasteiger partial charge in [0, 0.05) is 47.4 Å².